The van der Waals surface area contributed by atoms with Gasteiger partial charge in [0.05, 0.1) is 24.5 Å². The van der Waals surface area contributed by atoms with E-state index in [0.29, 0.717) is 30.2 Å². The highest BCUT2D eigenvalue weighted by Gasteiger charge is 2.07. The second-order valence-corrected chi connectivity index (χ2v) is 4.90. The average molecular weight is 345 g/mol. The molecule has 25 heavy (non-hydrogen) atoms. The van der Waals surface area contributed by atoms with E-state index in [1.54, 1.807) is 28.2 Å². The lowest BCUT2D eigenvalue weighted by Gasteiger charge is -2.02. The quantitative estimate of drug-likeness (QED) is 0.272. The molecular formula is C17H25N6O2+. The van der Waals surface area contributed by atoms with Gasteiger partial charge in [-0.1, -0.05) is 19.6 Å². The maximum absolute atomic E-state index is 9.05. The Kier molecular flexibility index (Phi) is 8.91. The Bertz CT molecular complexity index is 782. The minimum absolute atomic E-state index is 0. The molecule has 0 bridgehead atoms. The SMILES string of the molecule is C.C/C(N=Nc1cccc[n+]1CCO)=N\N=c1/ccccn1CCO. The maximum atomic E-state index is 9.05. The van der Waals surface area contributed by atoms with Crippen molar-refractivity contribution in [1.82, 2.24) is 4.57 Å². The summed E-state index contributed by atoms with van der Waals surface area (Å²) in [5.41, 5.74) is 0.621. The highest BCUT2D eigenvalue weighted by molar-refractivity contribution is 5.79. The topological polar surface area (TPSA) is 98.7 Å². The molecule has 0 unspecified atom stereocenters. The highest BCUT2D eigenvalue weighted by atomic mass is 16.3. The minimum Gasteiger partial charge on any atom is -0.395 e. The van der Waals surface area contributed by atoms with Crippen molar-refractivity contribution in [1.29, 1.82) is 0 Å². The van der Waals surface area contributed by atoms with Gasteiger partial charge in [0.15, 0.2) is 11.3 Å². The highest BCUT2D eigenvalue weighted by Crippen LogP contribution is 2.04. The van der Waals surface area contributed by atoms with Gasteiger partial charge in [0, 0.05) is 25.7 Å². The normalized spacial score (nSPS) is 12.4. The summed E-state index contributed by atoms with van der Waals surface area (Å²) < 4.78 is 3.58. The van der Waals surface area contributed by atoms with Gasteiger partial charge >= 0.3 is 5.82 Å². The summed E-state index contributed by atoms with van der Waals surface area (Å²) in [5, 5.41) is 34.5. The lowest BCUT2D eigenvalue weighted by atomic mass is 10.4. The van der Waals surface area contributed by atoms with Crippen molar-refractivity contribution in [3.63, 3.8) is 0 Å². The van der Waals surface area contributed by atoms with Crippen LogP contribution in [-0.4, -0.2) is 33.8 Å². The van der Waals surface area contributed by atoms with E-state index in [1.807, 2.05) is 36.7 Å². The smallest absolute Gasteiger partial charge is 0.350 e. The van der Waals surface area contributed by atoms with Gasteiger partial charge < -0.3 is 14.8 Å². The Morgan fingerprint density at radius 2 is 1.92 bits per heavy atom. The molecule has 0 aromatic carbocycles. The third-order valence-electron chi connectivity index (χ3n) is 3.11. The van der Waals surface area contributed by atoms with E-state index in [0.717, 1.165) is 0 Å². The van der Waals surface area contributed by atoms with Gasteiger partial charge in [0.2, 0.25) is 0 Å². The maximum Gasteiger partial charge on any atom is 0.350 e. The number of hydrogen-bond donors (Lipinski definition) is 2. The summed E-state index contributed by atoms with van der Waals surface area (Å²) >= 11 is 0. The van der Waals surface area contributed by atoms with Crippen molar-refractivity contribution < 1.29 is 14.8 Å². The molecule has 0 amide bonds. The molecule has 2 heterocycles. The van der Waals surface area contributed by atoms with Gasteiger partial charge in [-0.25, -0.2) is 4.57 Å². The molecule has 134 valence electrons. The third kappa shape index (κ3) is 6.36. The minimum atomic E-state index is 0. The molecule has 2 rings (SSSR count). The van der Waals surface area contributed by atoms with Crippen molar-refractivity contribution in [2.24, 2.45) is 20.4 Å². The van der Waals surface area contributed by atoms with Gasteiger partial charge in [-0.05, 0) is 23.3 Å². The van der Waals surface area contributed by atoms with E-state index in [2.05, 4.69) is 20.4 Å². The van der Waals surface area contributed by atoms with E-state index in [1.165, 1.54) is 0 Å². The molecule has 0 saturated heterocycles. The Hall–Kier alpha value is -2.71. The zero-order valence-corrected chi connectivity index (χ0v) is 13.5. The first kappa shape index (κ1) is 20.3. The Morgan fingerprint density at radius 1 is 1.12 bits per heavy atom. The van der Waals surface area contributed by atoms with Crippen LogP contribution in [0.1, 0.15) is 14.4 Å². The van der Waals surface area contributed by atoms with Gasteiger partial charge in [0.25, 0.3) is 0 Å². The molecule has 8 nitrogen and oxygen atoms in total. The molecule has 0 radical (unpaired) electrons. The van der Waals surface area contributed by atoms with E-state index >= 15 is 0 Å². The molecule has 8 heteroatoms. The van der Waals surface area contributed by atoms with Crippen LogP contribution in [0.25, 0.3) is 0 Å². The predicted molar refractivity (Wildman–Crippen MR) is 95.2 cm³/mol. The molecule has 2 N–H and O–H groups in total. The second kappa shape index (κ2) is 11.0. The van der Waals surface area contributed by atoms with Crippen LogP contribution in [0.15, 0.2) is 69.2 Å². The predicted octanol–water partition coefficient (Wildman–Crippen LogP) is 1.41. The monoisotopic (exact) mass is 345 g/mol. The molecule has 2 aromatic heterocycles. The summed E-state index contributed by atoms with van der Waals surface area (Å²) in [6, 6.07) is 11.0. The van der Waals surface area contributed by atoms with Crippen molar-refractivity contribution in [2.75, 3.05) is 13.2 Å². The lowest BCUT2D eigenvalue weighted by molar-refractivity contribution is -0.685. The lowest BCUT2D eigenvalue weighted by Crippen LogP contribution is -2.35. The summed E-state index contributed by atoms with van der Waals surface area (Å²) in [6.45, 7) is 2.64. The summed E-state index contributed by atoms with van der Waals surface area (Å²) in [6.07, 6.45) is 3.65. The van der Waals surface area contributed by atoms with E-state index in [9.17, 15) is 0 Å². The number of azo groups is 1. The first-order valence-corrected chi connectivity index (χ1v) is 7.60. The Balaban J connectivity index is 0.00000312. The molecule has 0 spiro atoms. The fraction of sp³-hybridized carbons (Fsp3) is 0.353. The standard InChI is InChI=1S/C16H21N6O2.CH4/c1-14(17-19-15-6-2-4-8-21(15)10-12-23)18-20-16-7-3-5-9-22(16)11-13-24;/h2-9,23-24H,10-13H2,1H3;1H4/q+1;. The van der Waals surface area contributed by atoms with Crippen LogP contribution < -0.4 is 10.1 Å². The average Bonchev–Trinajstić information content (AvgIpc) is 2.61. The molecule has 0 aliphatic carbocycles. The summed E-state index contributed by atoms with van der Waals surface area (Å²) in [4.78, 5) is 0. The van der Waals surface area contributed by atoms with Crippen LogP contribution >= 0.6 is 0 Å². The number of hydrogen-bond acceptors (Lipinski definition) is 5. The fourth-order valence-electron chi connectivity index (χ4n) is 1.98. The van der Waals surface area contributed by atoms with Crippen LogP contribution in [0.5, 0.6) is 0 Å². The van der Waals surface area contributed by atoms with Crippen LogP contribution in [0, 0.1) is 0 Å². The molecule has 2 aromatic rings. The largest absolute Gasteiger partial charge is 0.395 e. The Labute approximate surface area is 147 Å². The number of aliphatic hydroxyl groups is 2. The molecule has 0 fully saturated rings. The molecule has 0 atom stereocenters. The number of nitrogens with zero attached hydrogens (tertiary/aromatic N) is 6. The van der Waals surface area contributed by atoms with Gasteiger partial charge in [-0.2, -0.15) is 0 Å². The number of aromatic nitrogens is 2. The van der Waals surface area contributed by atoms with Crippen LogP contribution in [0.2, 0.25) is 0 Å². The van der Waals surface area contributed by atoms with Gasteiger partial charge in [-0.3, -0.25) is 0 Å². The number of rotatable bonds is 6. The Morgan fingerprint density at radius 3 is 2.68 bits per heavy atom. The first-order valence-electron chi connectivity index (χ1n) is 7.60. The fourth-order valence-corrected chi connectivity index (χ4v) is 1.98. The first-order chi connectivity index (χ1) is 11.7. The third-order valence-corrected chi connectivity index (χ3v) is 3.11. The van der Waals surface area contributed by atoms with Crippen molar-refractivity contribution >= 4 is 11.7 Å². The van der Waals surface area contributed by atoms with Crippen LogP contribution in [0.3, 0.4) is 0 Å². The van der Waals surface area contributed by atoms with E-state index in [4.69, 9.17) is 10.2 Å². The second-order valence-electron chi connectivity index (χ2n) is 4.90. The molecule has 0 saturated carbocycles. The zero-order valence-electron chi connectivity index (χ0n) is 13.5. The van der Waals surface area contributed by atoms with Crippen molar-refractivity contribution in [3.05, 3.63) is 54.3 Å². The van der Waals surface area contributed by atoms with Gasteiger partial charge in [0.1, 0.15) is 6.54 Å². The van der Waals surface area contributed by atoms with E-state index in [-0.39, 0.29) is 20.6 Å². The number of pyridine rings is 2. The summed E-state index contributed by atoms with van der Waals surface area (Å²) in [7, 11) is 0. The molecule has 0 aliphatic heterocycles. The molecule has 0 aliphatic rings. The number of aliphatic hydroxyl groups excluding tert-OH is 2. The van der Waals surface area contributed by atoms with Crippen molar-refractivity contribution in [3.8, 4) is 0 Å². The van der Waals surface area contributed by atoms with E-state index < -0.39 is 0 Å². The number of amidine groups is 1. The van der Waals surface area contributed by atoms with Gasteiger partial charge in [-0.15, -0.1) is 10.2 Å². The zero-order chi connectivity index (χ0) is 17.2. The van der Waals surface area contributed by atoms with Crippen molar-refractivity contribution in [2.45, 2.75) is 27.4 Å². The molecular weight excluding hydrogens is 320 g/mol. The van der Waals surface area contributed by atoms with Crippen LogP contribution in [0.4, 0.5) is 5.82 Å². The summed E-state index contributed by atoms with van der Waals surface area (Å²) in [5.74, 6) is 1.02. The van der Waals surface area contributed by atoms with Crippen LogP contribution in [-0.2, 0) is 13.1 Å².